The predicted molar refractivity (Wildman–Crippen MR) is 80.9 cm³/mol. The van der Waals surface area contributed by atoms with E-state index in [9.17, 15) is 9.90 Å². The Kier molecular flexibility index (Phi) is 3.71. The minimum atomic E-state index is -0.970. The fraction of sp³-hybridized carbons (Fsp3) is 0.400. The topological polar surface area (TPSA) is 76.2 Å². The normalized spacial score (nSPS) is 18.1. The monoisotopic (exact) mass is 304 g/mol. The van der Waals surface area contributed by atoms with Crippen LogP contribution >= 0.6 is 11.8 Å². The lowest BCUT2D eigenvalue weighted by Crippen LogP contribution is -2.04. The second-order valence-corrected chi connectivity index (χ2v) is 6.41. The van der Waals surface area contributed by atoms with E-state index in [1.807, 2.05) is 24.8 Å². The Morgan fingerprint density at radius 2 is 2.10 bits per heavy atom. The van der Waals surface area contributed by atoms with Gasteiger partial charge < -0.3 is 9.52 Å². The highest BCUT2D eigenvalue weighted by Crippen LogP contribution is 2.34. The fourth-order valence-electron chi connectivity index (χ4n) is 2.59. The number of aromatic nitrogens is 2. The van der Waals surface area contributed by atoms with Crippen LogP contribution in [0.5, 0.6) is 0 Å². The third kappa shape index (κ3) is 2.55. The van der Waals surface area contributed by atoms with E-state index in [-0.39, 0.29) is 11.5 Å². The van der Waals surface area contributed by atoms with Crippen molar-refractivity contribution in [3.63, 3.8) is 0 Å². The molecule has 1 unspecified atom stereocenters. The van der Waals surface area contributed by atoms with E-state index in [0.717, 1.165) is 23.5 Å². The van der Waals surface area contributed by atoms with Crippen molar-refractivity contribution in [2.24, 2.45) is 0 Å². The van der Waals surface area contributed by atoms with Crippen LogP contribution in [0, 0.1) is 13.8 Å². The van der Waals surface area contributed by atoms with Crippen LogP contribution in [0.2, 0.25) is 0 Å². The second-order valence-electron chi connectivity index (χ2n) is 5.26. The molecule has 1 aliphatic heterocycles. The lowest BCUT2D eigenvalue weighted by molar-refractivity contribution is 0.0696. The summed E-state index contributed by atoms with van der Waals surface area (Å²) < 4.78 is 5.78. The Bertz CT molecular complexity index is 690. The number of aromatic carboxylic acids is 1. The maximum Gasteiger partial charge on any atom is 0.336 e. The molecule has 2 aromatic rings. The van der Waals surface area contributed by atoms with Crippen LogP contribution in [-0.2, 0) is 0 Å². The molecule has 1 aliphatic rings. The molecular weight excluding hydrogens is 288 g/mol. The number of thioether (sulfide) groups is 1. The summed E-state index contributed by atoms with van der Waals surface area (Å²) in [5.74, 6) is 2.33. The molecule has 2 heterocycles. The maximum absolute atomic E-state index is 11.5. The van der Waals surface area contributed by atoms with Crippen LogP contribution in [0.4, 0.5) is 0 Å². The van der Waals surface area contributed by atoms with E-state index in [1.165, 1.54) is 0 Å². The molecule has 21 heavy (non-hydrogen) atoms. The van der Waals surface area contributed by atoms with Gasteiger partial charge in [-0.05, 0) is 37.1 Å². The van der Waals surface area contributed by atoms with Crippen LogP contribution < -0.4 is 0 Å². The summed E-state index contributed by atoms with van der Waals surface area (Å²) in [6.07, 6.45) is 1.03. The fourth-order valence-corrected chi connectivity index (χ4v) is 3.80. The zero-order chi connectivity index (χ0) is 15.0. The third-order valence-electron chi connectivity index (χ3n) is 3.77. The number of aryl methyl sites for hydroxylation is 2. The molecule has 1 atom stereocenters. The van der Waals surface area contributed by atoms with E-state index in [4.69, 9.17) is 4.42 Å². The highest BCUT2D eigenvalue weighted by molar-refractivity contribution is 7.99. The standard InChI is InChI=1S/C15H16N2O3S/c1-8-3-4-9(2)12(15(18)19)11(8)14-17-16-13(20-14)10-5-6-21-7-10/h3-4,10H,5-7H2,1-2H3,(H,18,19). The van der Waals surface area contributed by atoms with E-state index >= 15 is 0 Å². The number of carboxylic acid groups (broad SMARTS) is 1. The van der Waals surface area contributed by atoms with E-state index in [0.29, 0.717) is 22.9 Å². The third-order valence-corrected chi connectivity index (χ3v) is 4.93. The summed E-state index contributed by atoms with van der Waals surface area (Å²) in [6.45, 7) is 3.63. The average molecular weight is 304 g/mol. The predicted octanol–water partition coefficient (Wildman–Crippen LogP) is 3.27. The number of hydrogen-bond donors (Lipinski definition) is 1. The molecule has 0 aliphatic carbocycles. The van der Waals surface area contributed by atoms with Gasteiger partial charge in [0.25, 0.3) is 0 Å². The van der Waals surface area contributed by atoms with Gasteiger partial charge in [-0.1, -0.05) is 12.1 Å². The zero-order valence-corrected chi connectivity index (χ0v) is 12.7. The van der Waals surface area contributed by atoms with Gasteiger partial charge in [-0.15, -0.1) is 10.2 Å². The molecule has 0 radical (unpaired) electrons. The van der Waals surface area contributed by atoms with E-state index < -0.39 is 5.97 Å². The van der Waals surface area contributed by atoms with Crippen LogP contribution in [0.15, 0.2) is 16.5 Å². The first-order valence-corrected chi connectivity index (χ1v) is 7.98. The van der Waals surface area contributed by atoms with Gasteiger partial charge in [-0.3, -0.25) is 0 Å². The number of carbonyl (C=O) groups is 1. The van der Waals surface area contributed by atoms with Gasteiger partial charge in [-0.25, -0.2) is 4.79 Å². The molecule has 1 N–H and O–H groups in total. The van der Waals surface area contributed by atoms with Gasteiger partial charge in [0.05, 0.1) is 11.1 Å². The molecule has 3 rings (SSSR count). The highest BCUT2D eigenvalue weighted by atomic mass is 32.2. The van der Waals surface area contributed by atoms with Crippen molar-refractivity contribution in [3.8, 4) is 11.5 Å². The summed E-state index contributed by atoms with van der Waals surface area (Å²) in [6, 6.07) is 3.68. The molecule has 1 saturated heterocycles. The van der Waals surface area contributed by atoms with Gasteiger partial charge in [-0.2, -0.15) is 11.8 Å². The van der Waals surface area contributed by atoms with Crippen molar-refractivity contribution in [1.29, 1.82) is 0 Å². The zero-order valence-electron chi connectivity index (χ0n) is 11.9. The lowest BCUT2D eigenvalue weighted by atomic mass is 9.97. The molecule has 1 aromatic carbocycles. The summed E-state index contributed by atoms with van der Waals surface area (Å²) in [5, 5.41) is 17.7. The summed E-state index contributed by atoms with van der Waals surface area (Å²) in [5.41, 5.74) is 2.30. The Morgan fingerprint density at radius 1 is 1.33 bits per heavy atom. The minimum absolute atomic E-state index is 0.242. The Hall–Kier alpha value is -1.82. The SMILES string of the molecule is Cc1ccc(C)c(-c2nnc(C3CCSC3)o2)c1C(=O)O. The molecule has 0 amide bonds. The van der Waals surface area contributed by atoms with Crippen LogP contribution in [-0.4, -0.2) is 32.8 Å². The van der Waals surface area contributed by atoms with E-state index in [1.54, 1.807) is 13.0 Å². The quantitative estimate of drug-likeness (QED) is 0.938. The van der Waals surface area contributed by atoms with Crippen molar-refractivity contribution < 1.29 is 14.3 Å². The van der Waals surface area contributed by atoms with Gasteiger partial charge in [0, 0.05) is 11.7 Å². The minimum Gasteiger partial charge on any atom is -0.478 e. The maximum atomic E-state index is 11.5. The molecule has 1 fully saturated rings. The molecule has 5 nitrogen and oxygen atoms in total. The number of rotatable bonds is 3. The van der Waals surface area contributed by atoms with Crippen LogP contribution in [0.3, 0.4) is 0 Å². The molecule has 6 heteroatoms. The number of carboxylic acids is 1. The number of nitrogens with zero attached hydrogens (tertiary/aromatic N) is 2. The Labute approximate surface area is 126 Å². The molecule has 0 saturated carbocycles. The largest absolute Gasteiger partial charge is 0.478 e. The van der Waals surface area contributed by atoms with Crippen molar-refractivity contribution in [3.05, 3.63) is 34.7 Å². The number of benzene rings is 1. The van der Waals surface area contributed by atoms with Crippen molar-refractivity contribution >= 4 is 17.7 Å². The summed E-state index contributed by atoms with van der Waals surface area (Å²) in [7, 11) is 0. The summed E-state index contributed by atoms with van der Waals surface area (Å²) in [4.78, 5) is 11.5. The van der Waals surface area contributed by atoms with Crippen LogP contribution in [0.25, 0.3) is 11.5 Å². The second kappa shape index (κ2) is 5.52. The van der Waals surface area contributed by atoms with Crippen molar-refractivity contribution in [2.45, 2.75) is 26.2 Å². The Morgan fingerprint density at radius 3 is 2.76 bits per heavy atom. The summed E-state index contributed by atoms with van der Waals surface area (Å²) >= 11 is 1.87. The molecular formula is C15H16N2O3S. The highest BCUT2D eigenvalue weighted by Gasteiger charge is 2.26. The average Bonchev–Trinajstić information content (AvgIpc) is 3.10. The van der Waals surface area contributed by atoms with Gasteiger partial charge >= 0.3 is 5.97 Å². The Balaban J connectivity index is 2.08. The van der Waals surface area contributed by atoms with Crippen molar-refractivity contribution in [2.75, 3.05) is 11.5 Å². The molecule has 0 bridgehead atoms. The first-order valence-electron chi connectivity index (χ1n) is 6.83. The van der Waals surface area contributed by atoms with Gasteiger partial charge in [0.2, 0.25) is 11.8 Å². The van der Waals surface area contributed by atoms with Gasteiger partial charge in [0.15, 0.2) is 0 Å². The van der Waals surface area contributed by atoms with E-state index in [2.05, 4.69) is 10.2 Å². The number of hydrogen-bond acceptors (Lipinski definition) is 5. The smallest absolute Gasteiger partial charge is 0.336 e. The molecule has 1 aromatic heterocycles. The lowest BCUT2D eigenvalue weighted by Gasteiger charge is -2.09. The first-order chi connectivity index (χ1) is 10.1. The van der Waals surface area contributed by atoms with Crippen LogP contribution in [0.1, 0.15) is 39.7 Å². The molecule has 110 valence electrons. The molecule has 0 spiro atoms. The first kappa shape index (κ1) is 14.1. The van der Waals surface area contributed by atoms with Crippen molar-refractivity contribution in [1.82, 2.24) is 10.2 Å². The van der Waals surface area contributed by atoms with Gasteiger partial charge in [0.1, 0.15) is 0 Å².